The molecule has 3 aromatic heterocycles. The molecular formula is C21H14N6O. The molecule has 0 saturated heterocycles. The van der Waals surface area contributed by atoms with E-state index in [0.717, 1.165) is 21.7 Å². The van der Waals surface area contributed by atoms with Crippen LogP contribution in [0.1, 0.15) is 11.1 Å². The van der Waals surface area contributed by atoms with Crippen LogP contribution in [0.4, 0.5) is 11.5 Å². The second-order valence-corrected chi connectivity index (χ2v) is 6.65. The van der Waals surface area contributed by atoms with E-state index in [9.17, 15) is 5.26 Å². The molecule has 0 aliphatic heterocycles. The summed E-state index contributed by atoms with van der Waals surface area (Å²) < 4.78 is 6.06. The van der Waals surface area contributed by atoms with Crippen molar-refractivity contribution < 1.29 is 4.42 Å². The molecule has 0 atom stereocenters. The second-order valence-electron chi connectivity index (χ2n) is 6.65. The normalized spacial score (nSPS) is 11.4. The number of nitrogens with zero attached hydrogens (tertiary/aromatic N) is 3. The van der Waals surface area contributed by atoms with Gasteiger partial charge in [0, 0.05) is 5.39 Å². The average molecular weight is 366 g/mol. The lowest BCUT2D eigenvalue weighted by atomic mass is 9.99. The number of aromatic nitrogens is 2. The van der Waals surface area contributed by atoms with Gasteiger partial charge >= 0.3 is 0 Å². The summed E-state index contributed by atoms with van der Waals surface area (Å²) in [6, 6.07) is 13.8. The third-order valence-corrected chi connectivity index (χ3v) is 5.12. The van der Waals surface area contributed by atoms with Gasteiger partial charge in [-0.2, -0.15) is 10.2 Å². The Bertz CT molecular complexity index is 1580. The van der Waals surface area contributed by atoms with Crippen molar-refractivity contribution >= 4 is 55.2 Å². The highest BCUT2D eigenvalue weighted by Gasteiger charge is 2.20. The van der Waals surface area contributed by atoms with Gasteiger partial charge < -0.3 is 15.9 Å². The molecular weight excluding hydrogens is 352 g/mol. The van der Waals surface area contributed by atoms with Crippen LogP contribution >= 0.6 is 0 Å². The molecule has 0 saturated carbocycles. The lowest BCUT2D eigenvalue weighted by molar-refractivity contribution is 0.647. The van der Waals surface area contributed by atoms with Gasteiger partial charge in [-0.1, -0.05) is 30.3 Å². The number of rotatable bonds is 0. The Morgan fingerprint density at radius 1 is 1.04 bits per heavy atom. The Morgan fingerprint density at radius 2 is 1.82 bits per heavy atom. The van der Waals surface area contributed by atoms with E-state index in [1.807, 2.05) is 49.4 Å². The quantitative estimate of drug-likeness (QED) is 0.283. The van der Waals surface area contributed by atoms with E-state index in [1.165, 1.54) is 0 Å². The molecule has 3 heterocycles. The van der Waals surface area contributed by atoms with Crippen LogP contribution in [-0.2, 0) is 0 Å². The molecule has 0 fully saturated rings. The van der Waals surface area contributed by atoms with Crippen molar-refractivity contribution in [1.82, 2.24) is 9.97 Å². The minimum absolute atomic E-state index is 0.0128. The van der Waals surface area contributed by atoms with Crippen molar-refractivity contribution in [3.05, 3.63) is 53.0 Å². The van der Waals surface area contributed by atoms with Gasteiger partial charge in [-0.15, -0.1) is 0 Å². The molecule has 134 valence electrons. The Kier molecular flexibility index (Phi) is 3.10. The number of aryl methyl sites for hydroxylation is 1. The first-order valence-electron chi connectivity index (χ1n) is 8.59. The maximum absolute atomic E-state index is 9.31. The van der Waals surface area contributed by atoms with Crippen molar-refractivity contribution in [2.45, 2.75) is 6.92 Å². The lowest BCUT2D eigenvalue weighted by Crippen LogP contribution is -2.15. The van der Waals surface area contributed by atoms with Gasteiger partial charge in [0.25, 0.3) is 0 Å². The molecule has 0 bridgehead atoms. The fourth-order valence-electron chi connectivity index (χ4n) is 3.84. The molecule has 0 aliphatic carbocycles. The molecule has 7 nitrogen and oxygen atoms in total. The summed E-state index contributed by atoms with van der Waals surface area (Å²) in [4.78, 5) is 8.71. The number of anilines is 2. The zero-order valence-electron chi connectivity index (χ0n) is 14.9. The third-order valence-electron chi connectivity index (χ3n) is 5.12. The summed E-state index contributed by atoms with van der Waals surface area (Å²) in [5, 5.41) is 21.5. The number of nitriles is 1. The topological polar surface area (TPSA) is 139 Å². The molecule has 0 unspecified atom stereocenters. The Morgan fingerprint density at radius 3 is 2.61 bits per heavy atom. The van der Waals surface area contributed by atoms with Crippen molar-refractivity contribution in [2.24, 2.45) is 0 Å². The Hall–Kier alpha value is -4.18. The Balaban J connectivity index is 2.12. The fourth-order valence-corrected chi connectivity index (χ4v) is 3.84. The van der Waals surface area contributed by atoms with Gasteiger partial charge in [0.2, 0.25) is 5.71 Å². The molecule has 5 rings (SSSR count). The van der Waals surface area contributed by atoms with Gasteiger partial charge in [-0.05, 0) is 29.3 Å². The second kappa shape index (κ2) is 5.41. The fraction of sp³-hybridized carbons (Fsp3) is 0.0476. The first-order chi connectivity index (χ1) is 13.5. The molecule has 0 spiro atoms. The largest absolute Gasteiger partial charge is 0.438 e. The first kappa shape index (κ1) is 16.0. The van der Waals surface area contributed by atoms with Crippen LogP contribution < -0.4 is 17.0 Å². The summed E-state index contributed by atoms with van der Waals surface area (Å²) in [7, 11) is 0. The van der Waals surface area contributed by atoms with Crippen molar-refractivity contribution in [2.75, 3.05) is 11.5 Å². The third kappa shape index (κ3) is 1.94. The van der Waals surface area contributed by atoms with Crippen molar-refractivity contribution in [3.63, 3.8) is 0 Å². The minimum atomic E-state index is -0.197. The zero-order chi connectivity index (χ0) is 19.6. The number of fused-ring (bicyclic) bond motifs is 6. The maximum Gasteiger partial charge on any atom is 0.231 e. The van der Waals surface area contributed by atoms with E-state index < -0.39 is 0 Å². The van der Waals surface area contributed by atoms with E-state index in [0.29, 0.717) is 27.6 Å². The van der Waals surface area contributed by atoms with Crippen LogP contribution in [0.2, 0.25) is 0 Å². The highest BCUT2D eigenvalue weighted by molar-refractivity contribution is 6.18. The number of hydrogen-bond acceptors (Lipinski definition) is 7. The number of nitrogens with two attached hydrogens (primary N) is 2. The average Bonchev–Trinajstić information content (AvgIpc) is 2.67. The highest BCUT2D eigenvalue weighted by atomic mass is 16.3. The summed E-state index contributed by atoms with van der Waals surface area (Å²) in [6.07, 6.45) is 0. The number of pyridine rings is 2. The van der Waals surface area contributed by atoms with Gasteiger partial charge in [0.05, 0.1) is 22.0 Å². The smallest absolute Gasteiger partial charge is 0.231 e. The SMILES string of the molecule is Cc1c2c(ccc3ccccc32)oc2nc(N)c3c(N)c(C#N)c(=N)nc3c12. The summed E-state index contributed by atoms with van der Waals surface area (Å²) in [5.41, 5.74) is 14.5. The predicted molar refractivity (Wildman–Crippen MR) is 108 cm³/mol. The Labute approximate surface area is 158 Å². The first-order valence-corrected chi connectivity index (χ1v) is 8.59. The molecule has 2 aromatic carbocycles. The zero-order valence-corrected chi connectivity index (χ0v) is 14.9. The number of nitrogen functional groups attached to an aromatic ring is 2. The van der Waals surface area contributed by atoms with E-state index in [4.69, 9.17) is 21.3 Å². The number of hydrogen-bond donors (Lipinski definition) is 3. The van der Waals surface area contributed by atoms with E-state index in [2.05, 4.69) is 9.97 Å². The predicted octanol–water partition coefficient (Wildman–Crippen LogP) is 3.51. The van der Waals surface area contributed by atoms with Crippen molar-refractivity contribution in [3.8, 4) is 6.07 Å². The van der Waals surface area contributed by atoms with Crippen LogP contribution in [0.25, 0.3) is 43.7 Å². The molecule has 5 N–H and O–H groups in total. The number of nitrogens with one attached hydrogen (secondary N) is 1. The van der Waals surface area contributed by atoms with Gasteiger partial charge in [0.1, 0.15) is 23.0 Å². The molecule has 28 heavy (non-hydrogen) atoms. The van der Waals surface area contributed by atoms with Crippen LogP contribution in [0, 0.1) is 23.7 Å². The standard InChI is InChI=1S/C21H14N6O/c1-9-14-11-5-3-2-4-10(11)6-7-13(14)28-21-15(9)18-16(20(25)27-21)17(23)12(8-22)19(24)26-18/h2-7,24H,23,25H2,1H3. The van der Waals surface area contributed by atoms with E-state index in [-0.39, 0.29) is 22.6 Å². The highest BCUT2D eigenvalue weighted by Crippen LogP contribution is 2.38. The van der Waals surface area contributed by atoms with E-state index >= 15 is 0 Å². The molecule has 0 radical (unpaired) electrons. The van der Waals surface area contributed by atoms with Gasteiger partial charge in [0.15, 0.2) is 5.49 Å². The molecule has 7 heteroatoms. The molecule has 5 aromatic rings. The monoisotopic (exact) mass is 366 g/mol. The maximum atomic E-state index is 9.31. The lowest BCUT2D eigenvalue weighted by Gasteiger charge is -2.13. The van der Waals surface area contributed by atoms with Gasteiger partial charge in [-0.3, -0.25) is 5.41 Å². The van der Waals surface area contributed by atoms with Crippen LogP contribution in [0.5, 0.6) is 0 Å². The van der Waals surface area contributed by atoms with Gasteiger partial charge in [-0.25, -0.2) is 4.98 Å². The minimum Gasteiger partial charge on any atom is -0.438 e. The van der Waals surface area contributed by atoms with Crippen molar-refractivity contribution in [1.29, 1.82) is 10.7 Å². The summed E-state index contributed by atoms with van der Waals surface area (Å²) in [5.74, 6) is 0.118. The van der Waals surface area contributed by atoms with Crippen LogP contribution in [-0.4, -0.2) is 9.97 Å². The van der Waals surface area contributed by atoms with E-state index in [1.54, 1.807) is 0 Å². The summed E-state index contributed by atoms with van der Waals surface area (Å²) in [6.45, 7) is 1.96. The van der Waals surface area contributed by atoms with Crippen LogP contribution in [0.3, 0.4) is 0 Å². The molecule has 0 amide bonds. The van der Waals surface area contributed by atoms with Crippen LogP contribution in [0.15, 0.2) is 40.8 Å². The molecule has 0 aliphatic rings. The number of benzene rings is 2. The summed E-state index contributed by atoms with van der Waals surface area (Å²) >= 11 is 0.